The molecule has 0 bridgehead atoms. The Morgan fingerprint density at radius 1 is 1.33 bits per heavy atom. The second-order valence-corrected chi connectivity index (χ2v) is 5.86. The van der Waals surface area contributed by atoms with Gasteiger partial charge in [0.2, 0.25) is 0 Å². The van der Waals surface area contributed by atoms with Gasteiger partial charge in [0.15, 0.2) is 0 Å². The SMILES string of the molecule is CC1CCCC(C)N1Nc1cc(Br)c(F)cc1N. The maximum absolute atomic E-state index is 13.3. The Kier molecular flexibility index (Phi) is 4.12. The summed E-state index contributed by atoms with van der Waals surface area (Å²) >= 11 is 3.19. The number of benzene rings is 1. The van der Waals surface area contributed by atoms with E-state index in [1.165, 1.54) is 25.3 Å². The smallest absolute Gasteiger partial charge is 0.139 e. The van der Waals surface area contributed by atoms with Gasteiger partial charge in [-0.3, -0.25) is 0 Å². The Morgan fingerprint density at radius 3 is 2.56 bits per heavy atom. The molecule has 1 saturated heterocycles. The quantitative estimate of drug-likeness (QED) is 0.816. The lowest BCUT2D eigenvalue weighted by Crippen LogP contribution is -2.47. The van der Waals surface area contributed by atoms with Crippen LogP contribution in [0.2, 0.25) is 0 Å². The molecule has 1 aliphatic rings. The number of nitrogens with one attached hydrogen (secondary N) is 1. The van der Waals surface area contributed by atoms with Gasteiger partial charge in [-0.25, -0.2) is 9.40 Å². The molecule has 0 amide bonds. The first kappa shape index (κ1) is 13.6. The molecule has 0 saturated carbocycles. The van der Waals surface area contributed by atoms with E-state index in [9.17, 15) is 4.39 Å². The zero-order chi connectivity index (χ0) is 13.3. The number of hydrogen-bond donors (Lipinski definition) is 2. The molecule has 18 heavy (non-hydrogen) atoms. The van der Waals surface area contributed by atoms with Gasteiger partial charge < -0.3 is 11.2 Å². The Hall–Kier alpha value is -0.810. The van der Waals surface area contributed by atoms with Gasteiger partial charge in [-0.15, -0.1) is 0 Å². The van der Waals surface area contributed by atoms with Crippen LogP contribution in [0.25, 0.3) is 0 Å². The molecule has 5 heteroatoms. The molecule has 1 aromatic carbocycles. The molecular weight excluding hydrogens is 297 g/mol. The van der Waals surface area contributed by atoms with Crippen LogP contribution in [0.4, 0.5) is 15.8 Å². The van der Waals surface area contributed by atoms with Crippen molar-refractivity contribution in [2.45, 2.75) is 45.2 Å². The summed E-state index contributed by atoms with van der Waals surface area (Å²) in [6.07, 6.45) is 3.59. The summed E-state index contributed by atoms with van der Waals surface area (Å²) in [4.78, 5) is 0. The fraction of sp³-hybridized carbons (Fsp3) is 0.538. The number of hydrazine groups is 1. The van der Waals surface area contributed by atoms with E-state index in [0.29, 0.717) is 22.2 Å². The molecule has 0 aliphatic carbocycles. The third-order valence-corrected chi connectivity index (χ3v) is 4.14. The predicted molar refractivity (Wildman–Crippen MR) is 76.7 cm³/mol. The molecule has 1 aliphatic heterocycles. The minimum absolute atomic E-state index is 0.335. The van der Waals surface area contributed by atoms with E-state index < -0.39 is 0 Å². The first-order chi connectivity index (χ1) is 8.49. The molecule has 0 radical (unpaired) electrons. The Balaban J connectivity index is 2.20. The Bertz CT molecular complexity index is 428. The van der Waals surface area contributed by atoms with E-state index >= 15 is 0 Å². The van der Waals surface area contributed by atoms with Crippen LogP contribution in [0.15, 0.2) is 16.6 Å². The molecule has 1 heterocycles. The van der Waals surface area contributed by atoms with Gasteiger partial charge in [-0.2, -0.15) is 0 Å². The maximum atomic E-state index is 13.3. The summed E-state index contributed by atoms with van der Waals surface area (Å²) in [5.41, 5.74) is 10.4. The van der Waals surface area contributed by atoms with Crippen molar-refractivity contribution in [1.82, 2.24) is 5.01 Å². The van der Waals surface area contributed by atoms with Gasteiger partial charge in [0, 0.05) is 18.2 Å². The molecule has 100 valence electrons. The van der Waals surface area contributed by atoms with E-state index in [4.69, 9.17) is 5.73 Å². The zero-order valence-corrected chi connectivity index (χ0v) is 12.3. The highest BCUT2D eigenvalue weighted by Gasteiger charge is 2.25. The van der Waals surface area contributed by atoms with E-state index in [1.54, 1.807) is 6.07 Å². The lowest BCUT2D eigenvalue weighted by Gasteiger charge is -2.39. The van der Waals surface area contributed by atoms with Crippen LogP contribution in [0.5, 0.6) is 0 Å². The number of piperidine rings is 1. The van der Waals surface area contributed by atoms with E-state index in [0.717, 1.165) is 5.69 Å². The largest absolute Gasteiger partial charge is 0.397 e. The summed E-state index contributed by atoms with van der Waals surface area (Å²) in [5.74, 6) is -0.335. The van der Waals surface area contributed by atoms with Crippen molar-refractivity contribution in [3.8, 4) is 0 Å². The van der Waals surface area contributed by atoms with E-state index in [2.05, 4.69) is 40.2 Å². The molecular formula is C13H19BrFN3. The van der Waals surface area contributed by atoms with Crippen molar-refractivity contribution in [3.05, 3.63) is 22.4 Å². The average molecular weight is 316 g/mol. The van der Waals surface area contributed by atoms with Gasteiger partial charge in [0.1, 0.15) is 5.82 Å². The highest BCUT2D eigenvalue weighted by Crippen LogP contribution is 2.30. The van der Waals surface area contributed by atoms with Crippen LogP contribution < -0.4 is 11.2 Å². The van der Waals surface area contributed by atoms with Crippen LogP contribution in [0.1, 0.15) is 33.1 Å². The second kappa shape index (κ2) is 5.45. The summed E-state index contributed by atoms with van der Waals surface area (Å²) in [6.45, 7) is 4.38. The number of nitrogen functional groups attached to an aromatic ring is 1. The summed E-state index contributed by atoms with van der Waals surface area (Å²) in [7, 11) is 0. The molecule has 0 spiro atoms. The lowest BCUT2D eigenvalue weighted by molar-refractivity contribution is 0.136. The second-order valence-electron chi connectivity index (χ2n) is 5.00. The molecule has 1 aromatic rings. The van der Waals surface area contributed by atoms with Gasteiger partial charge in [-0.05, 0) is 48.7 Å². The van der Waals surface area contributed by atoms with Crippen molar-refractivity contribution in [3.63, 3.8) is 0 Å². The van der Waals surface area contributed by atoms with Gasteiger partial charge in [-0.1, -0.05) is 6.42 Å². The number of rotatable bonds is 2. The summed E-state index contributed by atoms with van der Waals surface area (Å²) in [5, 5.41) is 2.21. The third-order valence-electron chi connectivity index (χ3n) is 3.54. The molecule has 2 unspecified atom stereocenters. The molecule has 3 nitrogen and oxygen atoms in total. The summed E-state index contributed by atoms with van der Waals surface area (Å²) in [6, 6.07) is 3.94. The zero-order valence-electron chi connectivity index (χ0n) is 10.7. The van der Waals surface area contributed by atoms with E-state index in [-0.39, 0.29) is 5.82 Å². The molecule has 2 rings (SSSR count). The predicted octanol–water partition coefficient (Wildman–Crippen LogP) is 3.76. The minimum Gasteiger partial charge on any atom is -0.397 e. The van der Waals surface area contributed by atoms with Crippen LogP contribution in [0.3, 0.4) is 0 Å². The minimum atomic E-state index is -0.335. The van der Waals surface area contributed by atoms with Crippen molar-refractivity contribution in [1.29, 1.82) is 0 Å². The van der Waals surface area contributed by atoms with Crippen LogP contribution in [0, 0.1) is 5.82 Å². The third kappa shape index (κ3) is 2.78. The van der Waals surface area contributed by atoms with Crippen molar-refractivity contribution in [2.24, 2.45) is 0 Å². The number of nitrogens with zero attached hydrogens (tertiary/aromatic N) is 1. The number of anilines is 2. The van der Waals surface area contributed by atoms with E-state index in [1.807, 2.05) is 0 Å². The standard InChI is InChI=1S/C13H19BrFN3/c1-8-4-3-5-9(2)18(8)17-13-6-10(14)11(15)7-12(13)16/h6-9,17H,3-5,16H2,1-2H3. The molecule has 3 N–H and O–H groups in total. The Morgan fingerprint density at radius 2 is 1.94 bits per heavy atom. The first-order valence-corrected chi connectivity index (χ1v) is 7.08. The van der Waals surface area contributed by atoms with Gasteiger partial charge in [0.05, 0.1) is 15.8 Å². The molecule has 2 atom stereocenters. The van der Waals surface area contributed by atoms with Crippen molar-refractivity contribution >= 4 is 27.3 Å². The van der Waals surface area contributed by atoms with Crippen LogP contribution in [-0.2, 0) is 0 Å². The number of halogens is 2. The number of hydrogen-bond acceptors (Lipinski definition) is 3. The summed E-state index contributed by atoms with van der Waals surface area (Å²) < 4.78 is 13.8. The fourth-order valence-electron chi connectivity index (χ4n) is 2.44. The fourth-order valence-corrected chi connectivity index (χ4v) is 2.78. The van der Waals surface area contributed by atoms with Crippen molar-refractivity contribution in [2.75, 3.05) is 11.2 Å². The normalized spacial score (nSPS) is 25.1. The molecule has 1 fully saturated rings. The van der Waals surface area contributed by atoms with Crippen molar-refractivity contribution < 1.29 is 4.39 Å². The van der Waals surface area contributed by atoms with Gasteiger partial charge in [0.25, 0.3) is 0 Å². The first-order valence-electron chi connectivity index (χ1n) is 6.28. The lowest BCUT2D eigenvalue weighted by atomic mass is 10.00. The maximum Gasteiger partial charge on any atom is 0.139 e. The molecule has 0 aromatic heterocycles. The average Bonchev–Trinajstić information content (AvgIpc) is 2.30. The monoisotopic (exact) mass is 315 g/mol. The van der Waals surface area contributed by atoms with Gasteiger partial charge >= 0.3 is 0 Å². The highest BCUT2D eigenvalue weighted by molar-refractivity contribution is 9.10. The number of nitrogens with two attached hydrogens (primary N) is 1. The topological polar surface area (TPSA) is 41.3 Å². The Labute approximate surface area is 116 Å². The van der Waals surface area contributed by atoms with Crippen LogP contribution in [-0.4, -0.2) is 17.1 Å². The van der Waals surface area contributed by atoms with Crippen LogP contribution >= 0.6 is 15.9 Å². The highest BCUT2D eigenvalue weighted by atomic mass is 79.9.